The first-order valence-corrected chi connectivity index (χ1v) is 7.44. The highest BCUT2D eigenvalue weighted by atomic mass is 16.5. The van der Waals surface area contributed by atoms with Gasteiger partial charge in [-0.3, -0.25) is 14.5 Å². The fourth-order valence-corrected chi connectivity index (χ4v) is 1.99. The van der Waals surface area contributed by atoms with Gasteiger partial charge in [0.15, 0.2) is 0 Å². The van der Waals surface area contributed by atoms with Crippen molar-refractivity contribution in [3.05, 3.63) is 24.3 Å². The Morgan fingerprint density at radius 3 is 2.50 bits per heavy atom. The zero-order valence-electron chi connectivity index (χ0n) is 13.3. The summed E-state index contributed by atoms with van der Waals surface area (Å²) in [6.45, 7) is 1.96. The lowest BCUT2D eigenvalue weighted by Crippen LogP contribution is -2.46. The molecule has 0 aliphatic heterocycles. The van der Waals surface area contributed by atoms with E-state index in [4.69, 9.17) is 4.74 Å². The summed E-state index contributed by atoms with van der Waals surface area (Å²) >= 11 is 0. The minimum atomic E-state index is -0.331. The SMILES string of the molecule is COc1ccc(NC(=O)CN(C)[C@H](C)C(=O)NC2CC2)cc1. The molecule has 6 nitrogen and oxygen atoms in total. The zero-order chi connectivity index (χ0) is 16.1. The Morgan fingerprint density at radius 1 is 1.32 bits per heavy atom. The van der Waals surface area contributed by atoms with E-state index >= 15 is 0 Å². The molecule has 0 saturated heterocycles. The molecule has 0 bridgehead atoms. The first-order valence-electron chi connectivity index (χ1n) is 7.44. The number of nitrogens with one attached hydrogen (secondary N) is 2. The van der Waals surface area contributed by atoms with Gasteiger partial charge in [-0.2, -0.15) is 0 Å². The van der Waals surface area contributed by atoms with Gasteiger partial charge in [-0.1, -0.05) is 0 Å². The molecular formula is C16H23N3O3. The molecule has 22 heavy (non-hydrogen) atoms. The van der Waals surface area contributed by atoms with Crippen LogP contribution >= 0.6 is 0 Å². The molecule has 1 aliphatic rings. The first-order chi connectivity index (χ1) is 10.5. The van der Waals surface area contributed by atoms with E-state index in [1.165, 1.54) is 0 Å². The summed E-state index contributed by atoms with van der Waals surface area (Å²) in [4.78, 5) is 25.7. The second kappa shape index (κ2) is 7.26. The summed E-state index contributed by atoms with van der Waals surface area (Å²) in [6, 6.07) is 7.12. The average molecular weight is 305 g/mol. The molecule has 2 amide bonds. The van der Waals surface area contributed by atoms with E-state index in [0.29, 0.717) is 11.7 Å². The Labute approximate surface area is 130 Å². The Hall–Kier alpha value is -2.08. The van der Waals surface area contributed by atoms with E-state index in [2.05, 4.69) is 10.6 Å². The summed E-state index contributed by atoms with van der Waals surface area (Å²) in [5.74, 6) is 0.557. The van der Waals surface area contributed by atoms with Gasteiger partial charge >= 0.3 is 0 Å². The van der Waals surface area contributed by atoms with Crippen LogP contribution in [0.4, 0.5) is 5.69 Å². The van der Waals surface area contributed by atoms with Crippen LogP contribution in [-0.4, -0.2) is 49.5 Å². The molecule has 1 aromatic rings. The number of nitrogens with zero attached hydrogens (tertiary/aromatic N) is 1. The van der Waals surface area contributed by atoms with Crippen molar-refractivity contribution in [2.45, 2.75) is 31.8 Å². The summed E-state index contributed by atoms with van der Waals surface area (Å²) in [5, 5.41) is 5.75. The van der Waals surface area contributed by atoms with Crippen LogP contribution in [0.15, 0.2) is 24.3 Å². The third kappa shape index (κ3) is 4.73. The molecule has 0 aromatic heterocycles. The van der Waals surface area contributed by atoms with Gasteiger partial charge in [0.2, 0.25) is 11.8 Å². The Kier molecular flexibility index (Phi) is 5.38. The predicted octanol–water partition coefficient (Wildman–Crippen LogP) is 1.23. The molecule has 0 spiro atoms. The normalized spacial score (nSPS) is 15.3. The highest BCUT2D eigenvalue weighted by Gasteiger charge is 2.27. The van der Waals surface area contributed by atoms with E-state index < -0.39 is 0 Å². The number of hydrogen-bond donors (Lipinski definition) is 2. The van der Waals surface area contributed by atoms with E-state index in [1.54, 1.807) is 50.2 Å². The monoisotopic (exact) mass is 305 g/mol. The standard InChI is InChI=1S/C16H23N3O3/c1-11(16(21)18-13-4-5-13)19(2)10-15(20)17-12-6-8-14(22-3)9-7-12/h6-9,11,13H,4-5,10H2,1-3H3,(H,17,20)(H,18,21)/t11-/m1/s1. The molecule has 1 fully saturated rings. The van der Waals surface area contributed by atoms with Gasteiger partial charge in [-0.05, 0) is 51.1 Å². The maximum absolute atomic E-state index is 12.0. The van der Waals surface area contributed by atoms with Crippen LogP contribution in [0.2, 0.25) is 0 Å². The lowest BCUT2D eigenvalue weighted by molar-refractivity contribution is -0.126. The number of rotatable bonds is 7. The largest absolute Gasteiger partial charge is 0.497 e. The number of likely N-dealkylation sites (N-methyl/N-ethyl adjacent to an activating group) is 1. The number of hydrogen-bond acceptors (Lipinski definition) is 4. The highest BCUT2D eigenvalue weighted by molar-refractivity contribution is 5.92. The molecule has 0 heterocycles. The number of amides is 2. The van der Waals surface area contributed by atoms with Crippen LogP contribution in [0, 0.1) is 0 Å². The summed E-state index contributed by atoms with van der Waals surface area (Å²) in [5.41, 5.74) is 0.703. The van der Waals surface area contributed by atoms with Gasteiger partial charge in [0, 0.05) is 11.7 Å². The third-order valence-electron chi connectivity index (χ3n) is 3.73. The number of benzene rings is 1. The maximum Gasteiger partial charge on any atom is 0.238 e. The van der Waals surface area contributed by atoms with E-state index in [0.717, 1.165) is 18.6 Å². The van der Waals surface area contributed by atoms with Crippen LogP contribution < -0.4 is 15.4 Å². The number of ether oxygens (including phenoxy) is 1. The molecular weight excluding hydrogens is 282 g/mol. The van der Waals surface area contributed by atoms with Gasteiger partial charge < -0.3 is 15.4 Å². The fourth-order valence-electron chi connectivity index (χ4n) is 1.99. The smallest absolute Gasteiger partial charge is 0.238 e. The fraction of sp³-hybridized carbons (Fsp3) is 0.500. The Morgan fingerprint density at radius 2 is 1.95 bits per heavy atom. The minimum Gasteiger partial charge on any atom is -0.497 e. The van der Waals surface area contributed by atoms with Crippen molar-refractivity contribution in [1.82, 2.24) is 10.2 Å². The maximum atomic E-state index is 12.0. The molecule has 2 N–H and O–H groups in total. The predicted molar refractivity (Wildman–Crippen MR) is 84.9 cm³/mol. The quantitative estimate of drug-likeness (QED) is 0.795. The van der Waals surface area contributed by atoms with Gasteiger partial charge in [-0.25, -0.2) is 0 Å². The van der Waals surface area contributed by atoms with E-state index in [1.807, 2.05) is 0 Å². The topological polar surface area (TPSA) is 70.7 Å². The van der Waals surface area contributed by atoms with Crippen molar-refractivity contribution >= 4 is 17.5 Å². The zero-order valence-corrected chi connectivity index (χ0v) is 13.3. The van der Waals surface area contributed by atoms with Crippen LogP contribution in [0.3, 0.4) is 0 Å². The van der Waals surface area contributed by atoms with Crippen molar-refractivity contribution in [3.8, 4) is 5.75 Å². The van der Waals surface area contributed by atoms with Crippen molar-refractivity contribution in [2.75, 3.05) is 26.0 Å². The summed E-state index contributed by atoms with van der Waals surface area (Å²) in [6.07, 6.45) is 2.11. The second-order valence-corrected chi connectivity index (χ2v) is 5.65. The molecule has 1 atom stereocenters. The van der Waals surface area contributed by atoms with Crippen LogP contribution in [0.1, 0.15) is 19.8 Å². The molecule has 0 unspecified atom stereocenters. The van der Waals surface area contributed by atoms with Crippen molar-refractivity contribution < 1.29 is 14.3 Å². The summed E-state index contributed by atoms with van der Waals surface area (Å²) in [7, 11) is 3.36. The number of carbonyl (C=O) groups is 2. The third-order valence-corrected chi connectivity index (χ3v) is 3.73. The van der Waals surface area contributed by atoms with Crippen molar-refractivity contribution in [2.24, 2.45) is 0 Å². The summed E-state index contributed by atoms with van der Waals surface area (Å²) < 4.78 is 5.07. The molecule has 2 rings (SSSR count). The second-order valence-electron chi connectivity index (χ2n) is 5.65. The number of anilines is 1. The Bertz CT molecular complexity index is 526. The lowest BCUT2D eigenvalue weighted by Gasteiger charge is -2.23. The molecule has 1 aromatic carbocycles. The number of carbonyl (C=O) groups excluding carboxylic acids is 2. The Balaban J connectivity index is 1.80. The van der Waals surface area contributed by atoms with E-state index in [9.17, 15) is 9.59 Å². The average Bonchev–Trinajstić information content (AvgIpc) is 3.30. The van der Waals surface area contributed by atoms with Gasteiger partial charge in [0.1, 0.15) is 5.75 Å². The van der Waals surface area contributed by atoms with Gasteiger partial charge in [-0.15, -0.1) is 0 Å². The number of methoxy groups -OCH3 is 1. The molecule has 1 saturated carbocycles. The molecule has 6 heteroatoms. The van der Waals surface area contributed by atoms with Crippen LogP contribution in [0.25, 0.3) is 0 Å². The van der Waals surface area contributed by atoms with Crippen LogP contribution in [-0.2, 0) is 9.59 Å². The highest BCUT2D eigenvalue weighted by Crippen LogP contribution is 2.19. The lowest BCUT2D eigenvalue weighted by atomic mass is 10.2. The first kappa shape index (κ1) is 16.3. The molecule has 120 valence electrons. The van der Waals surface area contributed by atoms with Gasteiger partial charge in [0.25, 0.3) is 0 Å². The molecule has 1 aliphatic carbocycles. The molecule has 0 radical (unpaired) electrons. The van der Waals surface area contributed by atoms with Crippen molar-refractivity contribution in [3.63, 3.8) is 0 Å². The van der Waals surface area contributed by atoms with Gasteiger partial charge in [0.05, 0.1) is 19.7 Å². The minimum absolute atomic E-state index is 0.0257. The van der Waals surface area contributed by atoms with E-state index in [-0.39, 0.29) is 24.4 Å². The van der Waals surface area contributed by atoms with Crippen molar-refractivity contribution in [1.29, 1.82) is 0 Å². The van der Waals surface area contributed by atoms with Crippen LogP contribution in [0.5, 0.6) is 5.75 Å².